The number of rotatable bonds is 5. The van der Waals surface area contributed by atoms with Crippen LogP contribution < -0.4 is 5.32 Å². The Morgan fingerprint density at radius 3 is 2.20 bits per heavy atom. The van der Waals surface area contributed by atoms with Gasteiger partial charge in [-0.15, -0.1) is 0 Å². The second kappa shape index (κ2) is 5.91. The van der Waals surface area contributed by atoms with Gasteiger partial charge in [-0.3, -0.25) is 4.79 Å². The minimum absolute atomic E-state index is 0.108. The molecule has 2 nitrogen and oxygen atoms in total. The molecular formula is C18H19NO. The molecule has 0 heterocycles. The van der Waals surface area contributed by atoms with E-state index in [2.05, 4.69) is 17.4 Å². The van der Waals surface area contributed by atoms with Crippen LogP contribution >= 0.6 is 0 Å². The first-order valence-corrected chi connectivity index (χ1v) is 7.21. The Hall–Kier alpha value is -2.09. The number of carbonyl (C=O) groups excluding carboxylic acids is 1. The van der Waals surface area contributed by atoms with E-state index in [1.54, 1.807) is 0 Å². The zero-order valence-corrected chi connectivity index (χ0v) is 11.5. The van der Waals surface area contributed by atoms with Crippen LogP contribution in [0.25, 0.3) is 0 Å². The van der Waals surface area contributed by atoms with E-state index in [0.717, 1.165) is 5.56 Å². The molecule has 0 saturated heterocycles. The molecule has 2 aromatic rings. The Bertz CT molecular complexity index is 560. The van der Waals surface area contributed by atoms with E-state index < -0.39 is 0 Å². The lowest BCUT2D eigenvalue weighted by molar-refractivity contribution is -0.121. The maximum absolute atomic E-state index is 12.2. The van der Waals surface area contributed by atoms with E-state index in [4.69, 9.17) is 0 Å². The largest absolute Gasteiger partial charge is 0.349 e. The van der Waals surface area contributed by atoms with Crippen LogP contribution in [-0.4, -0.2) is 5.91 Å². The van der Waals surface area contributed by atoms with Crippen molar-refractivity contribution in [3.05, 3.63) is 71.8 Å². The van der Waals surface area contributed by atoms with Gasteiger partial charge in [0, 0.05) is 0 Å². The maximum Gasteiger partial charge on any atom is 0.224 e. The Balaban J connectivity index is 1.67. The van der Waals surface area contributed by atoms with Gasteiger partial charge in [-0.1, -0.05) is 60.7 Å². The van der Waals surface area contributed by atoms with Gasteiger partial charge in [0.1, 0.15) is 0 Å². The van der Waals surface area contributed by atoms with Crippen molar-refractivity contribution < 1.29 is 4.79 Å². The molecule has 102 valence electrons. The summed E-state index contributed by atoms with van der Waals surface area (Å²) in [6.07, 6.45) is 2.88. The monoisotopic (exact) mass is 265 g/mol. The zero-order chi connectivity index (χ0) is 13.8. The van der Waals surface area contributed by atoms with Crippen LogP contribution in [0.2, 0.25) is 0 Å². The summed E-state index contributed by atoms with van der Waals surface area (Å²) in [6.45, 7) is 0. The smallest absolute Gasteiger partial charge is 0.224 e. The molecule has 1 amide bonds. The van der Waals surface area contributed by atoms with Gasteiger partial charge in [0.25, 0.3) is 0 Å². The standard InChI is InChI=1S/C18H19NO/c20-17(13-14-7-3-1-4-8-14)19-18(16-11-12-16)15-9-5-2-6-10-15/h1-10,16,18H,11-13H2,(H,19,20)/t18-/m0/s1. The molecule has 1 aliphatic rings. The van der Waals surface area contributed by atoms with E-state index in [1.807, 2.05) is 48.5 Å². The van der Waals surface area contributed by atoms with Crippen molar-refractivity contribution in [2.75, 3.05) is 0 Å². The van der Waals surface area contributed by atoms with Crippen molar-refractivity contribution in [2.24, 2.45) is 5.92 Å². The summed E-state index contributed by atoms with van der Waals surface area (Å²) in [6, 6.07) is 20.4. The van der Waals surface area contributed by atoms with E-state index in [9.17, 15) is 4.79 Å². The first-order valence-electron chi connectivity index (χ1n) is 7.21. The summed E-state index contributed by atoms with van der Waals surface area (Å²) in [7, 11) is 0. The first kappa shape index (κ1) is 12.9. The highest BCUT2D eigenvalue weighted by molar-refractivity contribution is 5.79. The number of amides is 1. The van der Waals surface area contributed by atoms with Crippen LogP contribution in [-0.2, 0) is 11.2 Å². The van der Waals surface area contributed by atoms with Gasteiger partial charge >= 0.3 is 0 Å². The minimum Gasteiger partial charge on any atom is -0.349 e. The normalized spacial score (nSPS) is 15.6. The second-order valence-electron chi connectivity index (χ2n) is 5.46. The number of benzene rings is 2. The predicted octanol–water partition coefficient (Wildman–Crippen LogP) is 3.50. The molecule has 3 rings (SSSR count). The molecule has 0 unspecified atom stereocenters. The average molecular weight is 265 g/mol. The Morgan fingerprint density at radius 2 is 1.60 bits per heavy atom. The molecule has 0 spiro atoms. The maximum atomic E-state index is 12.2. The molecule has 0 aliphatic heterocycles. The fraction of sp³-hybridized carbons (Fsp3) is 0.278. The molecule has 1 fully saturated rings. The number of nitrogens with one attached hydrogen (secondary N) is 1. The second-order valence-corrected chi connectivity index (χ2v) is 5.46. The molecule has 0 radical (unpaired) electrons. The fourth-order valence-corrected chi connectivity index (χ4v) is 2.57. The lowest BCUT2D eigenvalue weighted by Crippen LogP contribution is -2.31. The third-order valence-electron chi connectivity index (χ3n) is 3.78. The van der Waals surface area contributed by atoms with Crippen LogP contribution in [0.5, 0.6) is 0 Å². The van der Waals surface area contributed by atoms with E-state index in [-0.39, 0.29) is 11.9 Å². The van der Waals surface area contributed by atoms with Gasteiger partial charge in [0.05, 0.1) is 12.5 Å². The van der Waals surface area contributed by atoms with Gasteiger partial charge < -0.3 is 5.32 Å². The molecule has 0 aromatic heterocycles. The summed E-state index contributed by atoms with van der Waals surface area (Å²) in [4.78, 5) is 12.2. The molecule has 1 saturated carbocycles. The molecule has 1 atom stereocenters. The number of carbonyl (C=O) groups is 1. The number of hydrogen-bond acceptors (Lipinski definition) is 1. The summed E-state index contributed by atoms with van der Waals surface area (Å²) >= 11 is 0. The Morgan fingerprint density at radius 1 is 1.00 bits per heavy atom. The van der Waals surface area contributed by atoms with Crippen LogP contribution in [0.4, 0.5) is 0 Å². The van der Waals surface area contributed by atoms with E-state index in [1.165, 1.54) is 18.4 Å². The van der Waals surface area contributed by atoms with Gasteiger partial charge in [-0.2, -0.15) is 0 Å². The first-order chi connectivity index (χ1) is 9.83. The van der Waals surface area contributed by atoms with Crippen LogP contribution in [0.1, 0.15) is 30.0 Å². The molecular weight excluding hydrogens is 246 g/mol. The molecule has 0 bridgehead atoms. The average Bonchev–Trinajstić information content (AvgIpc) is 3.31. The Kier molecular flexibility index (Phi) is 3.82. The molecule has 1 N–H and O–H groups in total. The van der Waals surface area contributed by atoms with Crippen molar-refractivity contribution in [1.82, 2.24) is 5.32 Å². The SMILES string of the molecule is O=C(Cc1ccccc1)N[C@@H](c1ccccc1)C1CC1. The topological polar surface area (TPSA) is 29.1 Å². The Labute approximate surface area is 119 Å². The minimum atomic E-state index is 0.108. The highest BCUT2D eigenvalue weighted by Crippen LogP contribution is 2.40. The van der Waals surface area contributed by atoms with Crippen molar-refractivity contribution in [2.45, 2.75) is 25.3 Å². The van der Waals surface area contributed by atoms with Crippen molar-refractivity contribution in [1.29, 1.82) is 0 Å². The van der Waals surface area contributed by atoms with Crippen molar-refractivity contribution in [3.63, 3.8) is 0 Å². The molecule has 20 heavy (non-hydrogen) atoms. The van der Waals surface area contributed by atoms with Gasteiger partial charge in [0.15, 0.2) is 0 Å². The highest BCUT2D eigenvalue weighted by atomic mass is 16.1. The van der Waals surface area contributed by atoms with Crippen LogP contribution in [0.3, 0.4) is 0 Å². The summed E-state index contributed by atoms with van der Waals surface area (Å²) < 4.78 is 0. The van der Waals surface area contributed by atoms with E-state index in [0.29, 0.717) is 12.3 Å². The molecule has 2 aromatic carbocycles. The van der Waals surface area contributed by atoms with Gasteiger partial charge in [-0.25, -0.2) is 0 Å². The summed E-state index contributed by atoms with van der Waals surface area (Å²) in [5.41, 5.74) is 2.28. The number of hydrogen-bond donors (Lipinski definition) is 1. The van der Waals surface area contributed by atoms with Gasteiger partial charge in [0.2, 0.25) is 5.91 Å². The third-order valence-corrected chi connectivity index (χ3v) is 3.78. The fourth-order valence-electron chi connectivity index (χ4n) is 2.57. The summed E-state index contributed by atoms with van der Waals surface area (Å²) in [5, 5.41) is 3.20. The highest BCUT2D eigenvalue weighted by Gasteiger charge is 2.33. The van der Waals surface area contributed by atoms with Gasteiger partial charge in [-0.05, 0) is 29.9 Å². The molecule has 2 heteroatoms. The predicted molar refractivity (Wildman–Crippen MR) is 80.2 cm³/mol. The summed E-state index contributed by atoms with van der Waals surface area (Å²) in [5.74, 6) is 0.717. The van der Waals surface area contributed by atoms with Crippen molar-refractivity contribution >= 4 is 5.91 Å². The van der Waals surface area contributed by atoms with Crippen LogP contribution in [0.15, 0.2) is 60.7 Å². The van der Waals surface area contributed by atoms with E-state index >= 15 is 0 Å². The lowest BCUT2D eigenvalue weighted by Gasteiger charge is -2.18. The quantitative estimate of drug-likeness (QED) is 0.881. The third kappa shape index (κ3) is 3.27. The molecule has 1 aliphatic carbocycles. The lowest BCUT2D eigenvalue weighted by atomic mass is 10.0. The zero-order valence-electron chi connectivity index (χ0n) is 11.5. The van der Waals surface area contributed by atoms with Crippen molar-refractivity contribution in [3.8, 4) is 0 Å². The van der Waals surface area contributed by atoms with Crippen LogP contribution in [0, 0.1) is 5.92 Å².